The zero-order valence-corrected chi connectivity index (χ0v) is 24.6. The number of aliphatic carboxylic acids is 1. The molecule has 0 spiro atoms. The fourth-order valence-electron chi connectivity index (χ4n) is 4.26. The lowest BCUT2D eigenvalue weighted by Crippen LogP contribution is -2.48. The fraction of sp³-hybridized carbons (Fsp3) is 0.900. The Labute approximate surface area is 228 Å². The molecule has 0 unspecified atom stereocenters. The molecule has 220 valence electrons. The molecular formula is C30H61N3O4. The lowest BCUT2D eigenvalue weighted by Gasteiger charge is -2.27. The Morgan fingerprint density at radius 2 is 0.919 bits per heavy atom. The second kappa shape index (κ2) is 29.1. The van der Waals surface area contributed by atoms with Gasteiger partial charge >= 0.3 is 5.97 Å². The Morgan fingerprint density at radius 1 is 0.568 bits per heavy atom. The van der Waals surface area contributed by atoms with E-state index in [4.69, 9.17) is 11.5 Å². The van der Waals surface area contributed by atoms with Crippen LogP contribution >= 0.6 is 0 Å². The molecule has 37 heavy (non-hydrogen) atoms. The van der Waals surface area contributed by atoms with Crippen LogP contribution in [0.15, 0.2) is 0 Å². The number of imide groups is 1. The molecule has 0 aliphatic carbocycles. The average molecular weight is 528 g/mol. The number of carbonyl (C=O) groups excluding carboxylic acids is 2. The Kier molecular flexibility index (Phi) is 29.6. The van der Waals surface area contributed by atoms with Crippen LogP contribution in [0.1, 0.15) is 156 Å². The molecule has 7 heteroatoms. The summed E-state index contributed by atoms with van der Waals surface area (Å²) in [4.78, 5) is 37.6. The molecule has 0 aliphatic heterocycles. The predicted molar refractivity (Wildman–Crippen MR) is 155 cm³/mol. The monoisotopic (exact) mass is 527 g/mol. The fourth-order valence-corrected chi connectivity index (χ4v) is 4.26. The molecule has 5 N–H and O–H groups in total. The van der Waals surface area contributed by atoms with Gasteiger partial charge in [0.2, 0.25) is 11.8 Å². The first-order chi connectivity index (χ1) is 17.9. The van der Waals surface area contributed by atoms with E-state index < -0.39 is 12.0 Å². The van der Waals surface area contributed by atoms with Gasteiger partial charge < -0.3 is 16.6 Å². The first-order valence-corrected chi connectivity index (χ1v) is 15.4. The van der Waals surface area contributed by atoms with Crippen molar-refractivity contribution in [3.05, 3.63) is 0 Å². The Bertz CT molecular complexity index is 511. The highest BCUT2D eigenvalue weighted by atomic mass is 16.4. The van der Waals surface area contributed by atoms with E-state index in [0.29, 0.717) is 32.2 Å². The molecule has 0 heterocycles. The van der Waals surface area contributed by atoms with Gasteiger partial charge in [0.05, 0.1) is 0 Å². The van der Waals surface area contributed by atoms with Crippen LogP contribution in [0, 0.1) is 0 Å². The van der Waals surface area contributed by atoms with E-state index in [1.807, 2.05) is 13.8 Å². The number of carboxylic acids is 1. The van der Waals surface area contributed by atoms with Gasteiger partial charge in [0.25, 0.3) is 0 Å². The number of hydrogen-bond donors (Lipinski definition) is 3. The van der Waals surface area contributed by atoms with Crippen LogP contribution in [-0.4, -0.2) is 46.9 Å². The molecule has 0 saturated carbocycles. The van der Waals surface area contributed by atoms with E-state index in [-0.39, 0.29) is 31.1 Å². The lowest BCUT2D eigenvalue weighted by molar-refractivity contribution is -0.158. The summed E-state index contributed by atoms with van der Waals surface area (Å²) < 4.78 is 0. The Morgan fingerprint density at radius 3 is 1.30 bits per heavy atom. The van der Waals surface area contributed by atoms with E-state index in [2.05, 4.69) is 6.92 Å². The maximum absolute atomic E-state index is 12.5. The largest absolute Gasteiger partial charge is 0.480 e. The minimum Gasteiger partial charge on any atom is -0.480 e. The summed E-state index contributed by atoms with van der Waals surface area (Å²) in [6.07, 6.45) is 21.0. The maximum Gasteiger partial charge on any atom is 0.326 e. The average Bonchev–Trinajstić information content (AvgIpc) is 2.87. The van der Waals surface area contributed by atoms with Gasteiger partial charge in [-0.25, -0.2) is 4.79 Å². The van der Waals surface area contributed by atoms with Crippen LogP contribution in [0.5, 0.6) is 0 Å². The highest BCUT2D eigenvalue weighted by molar-refractivity contribution is 5.99. The normalized spacial score (nSPS) is 11.5. The summed E-state index contributed by atoms with van der Waals surface area (Å²) in [6, 6.07) is -1.07. The SMILES string of the molecule is CCCCCC(=O)N(C(=O)CCCCC)[C@@H](CCCCN)C(=O)O.CCCCCCCCCCCCN. The van der Waals surface area contributed by atoms with E-state index in [0.717, 1.165) is 37.1 Å². The molecule has 0 aromatic heterocycles. The molecule has 0 saturated heterocycles. The summed E-state index contributed by atoms with van der Waals surface area (Å²) in [6.45, 7) is 7.68. The van der Waals surface area contributed by atoms with Gasteiger partial charge in [-0.05, 0) is 51.6 Å². The Hall–Kier alpha value is -1.47. The van der Waals surface area contributed by atoms with Crippen molar-refractivity contribution < 1.29 is 19.5 Å². The molecule has 7 nitrogen and oxygen atoms in total. The summed E-state index contributed by atoms with van der Waals surface area (Å²) >= 11 is 0. The third-order valence-electron chi connectivity index (χ3n) is 6.61. The van der Waals surface area contributed by atoms with E-state index in [1.165, 1.54) is 64.2 Å². The lowest BCUT2D eigenvalue weighted by atomic mass is 10.0. The molecular weight excluding hydrogens is 466 g/mol. The standard InChI is InChI=1S/C18H34N2O4.C12H27N/c1-3-5-7-12-16(21)20(17(22)13-8-6-4-2)15(18(23)24)11-9-10-14-19;1-2-3-4-5-6-7-8-9-10-11-12-13/h15H,3-14,19H2,1-2H3,(H,23,24);2-13H2,1H3/t15-;/m0./s1. The smallest absolute Gasteiger partial charge is 0.326 e. The molecule has 0 rings (SSSR count). The minimum atomic E-state index is -1.11. The number of carboxylic acid groups (broad SMARTS) is 1. The van der Waals surface area contributed by atoms with Gasteiger partial charge in [0.1, 0.15) is 6.04 Å². The predicted octanol–water partition coefficient (Wildman–Crippen LogP) is 6.95. The second-order valence-electron chi connectivity index (χ2n) is 10.2. The number of carbonyl (C=O) groups is 3. The van der Waals surface area contributed by atoms with Crippen LogP contribution in [0.4, 0.5) is 0 Å². The second-order valence-corrected chi connectivity index (χ2v) is 10.2. The molecule has 0 aromatic rings. The maximum atomic E-state index is 12.5. The highest BCUT2D eigenvalue weighted by Gasteiger charge is 2.33. The van der Waals surface area contributed by atoms with Gasteiger partial charge in [-0.2, -0.15) is 0 Å². The summed E-state index contributed by atoms with van der Waals surface area (Å²) in [5.41, 5.74) is 10.9. The number of unbranched alkanes of at least 4 members (excludes halogenated alkanes) is 14. The van der Waals surface area contributed by atoms with Gasteiger partial charge in [0, 0.05) is 12.8 Å². The van der Waals surface area contributed by atoms with Gasteiger partial charge in [0.15, 0.2) is 0 Å². The number of nitrogens with two attached hydrogens (primary N) is 2. The van der Waals surface area contributed by atoms with Crippen molar-refractivity contribution in [2.45, 2.75) is 162 Å². The first kappa shape index (κ1) is 37.7. The number of hydrogen-bond acceptors (Lipinski definition) is 5. The van der Waals surface area contributed by atoms with E-state index >= 15 is 0 Å². The quantitative estimate of drug-likeness (QED) is 0.117. The van der Waals surface area contributed by atoms with Crippen molar-refractivity contribution in [2.75, 3.05) is 13.1 Å². The van der Waals surface area contributed by atoms with Crippen LogP contribution in [0.3, 0.4) is 0 Å². The highest BCUT2D eigenvalue weighted by Crippen LogP contribution is 2.16. The van der Waals surface area contributed by atoms with Crippen molar-refractivity contribution in [1.82, 2.24) is 4.90 Å². The van der Waals surface area contributed by atoms with Crippen LogP contribution in [-0.2, 0) is 14.4 Å². The molecule has 2 amide bonds. The third kappa shape index (κ3) is 23.4. The van der Waals surface area contributed by atoms with Crippen LogP contribution in [0.25, 0.3) is 0 Å². The minimum absolute atomic E-state index is 0.230. The van der Waals surface area contributed by atoms with Gasteiger partial charge in [-0.1, -0.05) is 104 Å². The van der Waals surface area contributed by atoms with Crippen LogP contribution in [0.2, 0.25) is 0 Å². The van der Waals surface area contributed by atoms with Gasteiger partial charge in [-0.15, -0.1) is 0 Å². The summed E-state index contributed by atoms with van der Waals surface area (Å²) in [5, 5.41) is 9.51. The topological polar surface area (TPSA) is 127 Å². The van der Waals surface area contributed by atoms with Gasteiger partial charge in [-0.3, -0.25) is 14.5 Å². The zero-order chi connectivity index (χ0) is 28.2. The van der Waals surface area contributed by atoms with E-state index in [9.17, 15) is 19.5 Å². The van der Waals surface area contributed by atoms with E-state index in [1.54, 1.807) is 0 Å². The Balaban J connectivity index is 0. The molecule has 0 bridgehead atoms. The van der Waals surface area contributed by atoms with Crippen molar-refractivity contribution in [2.24, 2.45) is 11.5 Å². The van der Waals surface area contributed by atoms with Crippen molar-refractivity contribution in [3.63, 3.8) is 0 Å². The molecule has 0 aliphatic rings. The number of amides is 2. The molecule has 0 fully saturated rings. The summed E-state index contributed by atoms with van der Waals surface area (Å²) in [5.74, 6) is -1.82. The molecule has 1 atom stereocenters. The zero-order valence-electron chi connectivity index (χ0n) is 24.6. The third-order valence-corrected chi connectivity index (χ3v) is 6.61. The first-order valence-electron chi connectivity index (χ1n) is 15.4. The molecule has 0 aromatic carbocycles. The van der Waals surface area contributed by atoms with Crippen LogP contribution < -0.4 is 11.5 Å². The van der Waals surface area contributed by atoms with Crippen molar-refractivity contribution >= 4 is 17.8 Å². The van der Waals surface area contributed by atoms with Crippen molar-refractivity contribution in [3.8, 4) is 0 Å². The number of rotatable bonds is 24. The summed E-state index contributed by atoms with van der Waals surface area (Å²) in [7, 11) is 0. The molecule has 0 radical (unpaired) electrons. The van der Waals surface area contributed by atoms with Crippen molar-refractivity contribution in [1.29, 1.82) is 0 Å². The number of nitrogens with zero attached hydrogens (tertiary/aromatic N) is 1.